The van der Waals surface area contributed by atoms with Gasteiger partial charge >= 0.3 is 5.69 Å². The number of hydrogen-bond acceptors (Lipinski definition) is 5. The van der Waals surface area contributed by atoms with Crippen LogP contribution in [-0.4, -0.2) is 30.5 Å². The molecular weight excluding hydrogens is 346 g/mol. The monoisotopic (exact) mass is 371 g/mol. The first-order valence-electron chi connectivity index (χ1n) is 8.90. The van der Waals surface area contributed by atoms with E-state index in [2.05, 4.69) is 36.5 Å². The molecule has 0 radical (unpaired) electrons. The van der Waals surface area contributed by atoms with E-state index in [0.717, 1.165) is 19.4 Å². The Labute approximate surface area is 158 Å². The second-order valence-corrected chi connectivity index (χ2v) is 6.39. The number of nitrogens with one attached hydrogen (secondary N) is 1. The number of primary amides is 1. The Hall–Kier alpha value is -2.93. The number of benzene rings is 2. The van der Waals surface area contributed by atoms with E-state index in [-0.39, 0.29) is 17.9 Å². The summed E-state index contributed by atoms with van der Waals surface area (Å²) in [5.41, 5.74) is 8.04. The van der Waals surface area contributed by atoms with Crippen LogP contribution in [0.5, 0.6) is 5.75 Å². The second-order valence-electron chi connectivity index (χ2n) is 6.39. The molecule has 0 aliphatic heterocycles. The molecule has 0 aliphatic carbocycles. The van der Waals surface area contributed by atoms with Gasteiger partial charge in [0.05, 0.1) is 11.3 Å². The third-order valence-electron chi connectivity index (χ3n) is 4.04. The van der Waals surface area contributed by atoms with Gasteiger partial charge < -0.3 is 15.8 Å². The van der Waals surface area contributed by atoms with Crippen LogP contribution in [0.4, 0.5) is 5.69 Å². The number of nitrogens with two attached hydrogens (primary N) is 1. The van der Waals surface area contributed by atoms with Crippen LogP contribution in [-0.2, 0) is 17.6 Å². The molecule has 2 rings (SSSR count). The molecule has 0 fully saturated rings. The number of rotatable bonds is 11. The Kier molecular flexibility index (Phi) is 7.76. The predicted octanol–water partition coefficient (Wildman–Crippen LogP) is 2.53. The number of carbonyl (C=O) groups excluding carboxylic acids is 1. The van der Waals surface area contributed by atoms with E-state index in [9.17, 15) is 14.9 Å². The van der Waals surface area contributed by atoms with Gasteiger partial charge in [0.15, 0.2) is 5.75 Å². The van der Waals surface area contributed by atoms with E-state index < -0.39 is 10.8 Å². The zero-order valence-electron chi connectivity index (χ0n) is 15.4. The number of nitrogens with zero attached hydrogens (tertiary/aromatic N) is 1. The standard InChI is InChI=1S/C20H25N3O4/c1-15-4-2-5-16(12-15)6-3-9-22-10-11-27-19-8-7-17(14-20(21)24)13-18(19)23(25)26/h2,4-5,7-8,12-13,22H,3,6,9-11,14H2,1H3,(H2,21,24). The van der Waals surface area contributed by atoms with Gasteiger partial charge in [-0.1, -0.05) is 35.9 Å². The fourth-order valence-corrected chi connectivity index (χ4v) is 2.78. The van der Waals surface area contributed by atoms with E-state index in [4.69, 9.17) is 10.5 Å². The van der Waals surface area contributed by atoms with E-state index in [1.54, 1.807) is 6.07 Å². The second kappa shape index (κ2) is 10.3. The summed E-state index contributed by atoms with van der Waals surface area (Å²) in [7, 11) is 0. The molecule has 2 aromatic carbocycles. The average Bonchev–Trinajstić information content (AvgIpc) is 2.61. The molecular formula is C20H25N3O4. The van der Waals surface area contributed by atoms with Gasteiger partial charge in [0.25, 0.3) is 0 Å². The summed E-state index contributed by atoms with van der Waals surface area (Å²) in [5.74, 6) is -0.345. The summed E-state index contributed by atoms with van der Waals surface area (Å²) in [4.78, 5) is 21.6. The van der Waals surface area contributed by atoms with Crippen LogP contribution in [0, 0.1) is 17.0 Å². The summed E-state index contributed by atoms with van der Waals surface area (Å²) in [6, 6.07) is 12.9. The highest BCUT2D eigenvalue weighted by Crippen LogP contribution is 2.28. The molecule has 0 atom stereocenters. The van der Waals surface area contributed by atoms with Crippen molar-refractivity contribution in [3.63, 3.8) is 0 Å². The fourth-order valence-electron chi connectivity index (χ4n) is 2.78. The molecule has 0 saturated heterocycles. The zero-order valence-corrected chi connectivity index (χ0v) is 15.4. The van der Waals surface area contributed by atoms with Crippen molar-refractivity contribution in [2.75, 3.05) is 19.7 Å². The first-order valence-corrected chi connectivity index (χ1v) is 8.90. The number of carbonyl (C=O) groups is 1. The van der Waals surface area contributed by atoms with Gasteiger partial charge in [-0.3, -0.25) is 14.9 Å². The Bertz CT molecular complexity index is 793. The third kappa shape index (κ3) is 7.07. The summed E-state index contributed by atoms with van der Waals surface area (Å²) < 4.78 is 5.52. The molecule has 144 valence electrons. The quantitative estimate of drug-likeness (QED) is 0.358. The number of aryl methyl sites for hydroxylation is 2. The maximum absolute atomic E-state index is 11.2. The maximum Gasteiger partial charge on any atom is 0.311 e. The molecule has 0 spiro atoms. The van der Waals surface area contributed by atoms with Crippen LogP contribution in [0.25, 0.3) is 0 Å². The minimum Gasteiger partial charge on any atom is -0.485 e. The number of nitro groups is 1. The maximum atomic E-state index is 11.2. The first-order chi connectivity index (χ1) is 13.0. The summed E-state index contributed by atoms with van der Waals surface area (Å²) in [6.07, 6.45) is 1.97. The van der Waals surface area contributed by atoms with Crippen LogP contribution in [0.15, 0.2) is 42.5 Å². The zero-order chi connectivity index (χ0) is 19.6. The minimum absolute atomic E-state index is 0.0381. The number of nitro benzene ring substituents is 1. The van der Waals surface area contributed by atoms with E-state index >= 15 is 0 Å². The van der Waals surface area contributed by atoms with Crippen molar-refractivity contribution in [3.05, 3.63) is 69.3 Å². The van der Waals surface area contributed by atoms with Crippen molar-refractivity contribution < 1.29 is 14.5 Å². The smallest absolute Gasteiger partial charge is 0.311 e. The third-order valence-corrected chi connectivity index (χ3v) is 4.04. The molecule has 27 heavy (non-hydrogen) atoms. The number of amides is 1. The van der Waals surface area contributed by atoms with Crippen molar-refractivity contribution in [1.29, 1.82) is 0 Å². The molecule has 1 amide bonds. The highest BCUT2D eigenvalue weighted by molar-refractivity contribution is 5.77. The molecule has 0 heterocycles. The SMILES string of the molecule is Cc1cccc(CCCNCCOc2ccc(CC(N)=O)cc2[N+](=O)[O-])c1. The lowest BCUT2D eigenvalue weighted by atomic mass is 10.1. The molecule has 0 bridgehead atoms. The largest absolute Gasteiger partial charge is 0.485 e. The number of hydrogen-bond donors (Lipinski definition) is 2. The Morgan fingerprint density at radius 3 is 2.70 bits per heavy atom. The van der Waals surface area contributed by atoms with Crippen LogP contribution >= 0.6 is 0 Å². The van der Waals surface area contributed by atoms with Gasteiger partial charge in [-0.25, -0.2) is 0 Å². The van der Waals surface area contributed by atoms with Crippen LogP contribution in [0.1, 0.15) is 23.1 Å². The topological polar surface area (TPSA) is 107 Å². The van der Waals surface area contributed by atoms with Gasteiger partial charge in [0.1, 0.15) is 6.61 Å². The molecule has 7 nitrogen and oxygen atoms in total. The Balaban J connectivity index is 1.73. The van der Waals surface area contributed by atoms with E-state index in [1.165, 1.54) is 23.3 Å². The Morgan fingerprint density at radius 1 is 1.19 bits per heavy atom. The van der Waals surface area contributed by atoms with Gasteiger partial charge in [-0.15, -0.1) is 0 Å². The summed E-state index contributed by atoms with van der Waals surface area (Å²) in [5, 5.41) is 14.5. The number of ether oxygens (including phenoxy) is 1. The lowest BCUT2D eigenvalue weighted by molar-refractivity contribution is -0.385. The highest BCUT2D eigenvalue weighted by atomic mass is 16.6. The van der Waals surface area contributed by atoms with Gasteiger partial charge in [-0.05, 0) is 43.5 Å². The van der Waals surface area contributed by atoms with Crippen molar-refractivity contribution >= 4 is 11.6 Å². The normalized spacial score (nSPS) is 10.6. The van der Waals surface area contributed by atoms with E-state index in [1.807, 2.05) is 0 Å². The van der Waals surface area contributed by atoms with Crippen LogP contribution in [0.2, 0.25) is 0 Å². The lowest BCUT2D eigenvalue weighted by Crippen LogP contribution is -2.22. The van der Waals surface area contributed by atoms with Gasteiger partial charge in [-0.2, -0.15) is 0 Å². The molecule has 0 saturated carbocycles. The van der Waals surface area contributed by atoms with Crippen molar-refractivity contribution in [3.8, 4) is 5.75 Å². The van der Waals surface area contributed by atoms with Crippen molar-refractivity contribution in [1.82, 2.24) is 5.32 Å². The van der Waals surface area contributed by atoms with Gasteiger partial charge in [0, 0.05) is 12.6 Å². The highest BCUT2D eigenvalue weighted by Gasteiger charge is 2.16. The summed E-state index contributed by atoms with van der Waals surface area (Å²) in [6.45, 7) is 3.84. The first kappa shape index (κ1) is 20.4. The molecule has 3 N–H and O–H groups in total. The predicted molar refractivity (Wildman–Crippen MR) is 104 cm³/mol. The average molecular weight is 371 g/mol. The molecule has 0 unspecified atom stereocenters. The Morgan fingerprint density at radius 2 is 2.00 bits per heavy atom. The minimum atomic E-state index is -0.534. The van der Waals surface area contributed by atoms with E-state index in [0.29, 0.717) is 18.7 Å². The van der Waals surface area contributed by atoms with Crippen molar-refractivity contribution in [2.45, 2.75) is 26.2 Å². The molecule has 0 aliphatic rings. The molecule has 7 heteroatoms. The van der Waals surface area contributed by atoms with Crippen molar-refractivity contribution in [2.24, 2.45) is 5.73 Å². The molecule has 0 aromatic heterocycles. The summed E-state index contributed by atoms with van der Waals surface area (Å²) >= 11 is 0. The van der Waals surface area contributed by atoms with Gasteiger partial charge in [0.2, 0.25) is 5.91 Å². The fraction of sp³-hybridized carbons (Fsp3) is 0.350. The lowest BCUT2D eigenvalue weighted by Gasteiger charge is -2.09. The van der Waals surface area contributed by atoms with Crippen LogP contribution < -0.4 is 15.8 Å². The molecule has 2 aromatic rings. The van der Waals surface area contributed by atoms with Crippen LogP contribution in [0.3, 0.4) is 0 Å².